The lowest BCUT2D eigenvalue weighted by Gasteiger charge is -2.31. The molecule has 1 unspecified atom stereocenters. The average molecular weight is 556 g/mol. The molecule has 208 valence electrons. The van der Waals surface area contributed by atoms with Gasteiger partial charge >= 0.3 is 6.09 Å². The van der Waals surface area contributed by atoms with E-state index in [1.807, 2.05) is 19.2 Å². The summed E-state index contributed by atoms with van der Waals surface area (Å²) < 4.78 is 13.8. The van der Waals surface area contributed by atoms with Gasteiger partial charge in [0.05, 0.1) is 46.7 Å². The molecular formula is C27H34ClN7O4. The van der Waals surface area contributed by atoms with Gasteiger partial charge < -0.3 is 23.8 Å². The molecule has 1 aliphatic carbocycles. The van der Waals surface area contributed by atoms with E-state index in [2.05, 4.69) is 32.2 Å². The number of carbonyl (C=O) groups is 1. The largest absolute Gasteiger partial charge is 0.427 e. The van der Waals surface area contributed by atoms with E-state index in [-0.39, 0.29) is 12.1 Å². The molecule has 11 nitrogen and oxygen atoms in total. The second kappa shape index (κ2) is 10.9. The SMILES string of the molecule is CO[C@H]1COC[C@@H]1N(C)c1nc2cc(C3NOC(=O)N3)nc(-c3cncc(Cl)c3)c2n1CC1CCC(C)CC1. The van der Waals surface area contributed by atoms with Gasteiger partial charge in [-0.2, -0.15) is 0 Å². The number of methoxy groups -OCH3 is 1. The number of amides is 1. The van der Waals surface area contributed by atoms with Crippen molar-refractivity contribution >= 4 is 34.7 Å². The third-order valence-corrected chi connectivity index (χ3v) is 8.43. The van der Waals surface area contributed by atoms with Gasteiger partial charge in [-0.15, -0.1) is 5.48 Å². The Morgan fingerprint density at radius 2 is 2.00 bits per heavy atom. The second-order valence-electron chi connectivity index (χ2n) is 10.9. The number of anilines is 1. The van der Waals surface area contributed by atoms with Crippen molar-refractivity contribution in [1.82, 2.24) is 30.3 Å². The fourth-order valence-electron chi connectivity index (χ4n) is 5.95. The zero-order valence-corrected chi connectivity index (χ0v) is 23.1. The highest BCUT2D eigenvalue weighted by Gasteiger charge is 2.35. The van der Waals surface area contributed by atoms with Crippen molar-refractivity contribution in [2.45, 2.75) is 57.5 Å². The molecule has 0 radical (unpaired) electrons. The summed E-state index contributed by atoms with van der Waals surface area (Å²) in [5, 5.41) is 3.26. The first-order valence-corrected chi connectivity index (χ1v) is 13.9. The minimum Gasteiger partial charge on any atom is -0.377 e. The van der Waals surface area contributed by atoms with Crippen LogP contribution in [0.25, 0.3) is 22.3 Å². The first-order chi connectivity index (χ1) is 18.9. The van der Waals surface area contributed by atoms with Gasteiger partial charge in [0, 0.05) is 38.7 Å². The maximum Gasteiger partial charge on any atom is 0.427 e. The van der Waals surface area contributed by atoms with Gasteiger partial charge in [-0.25, -0.2) is 14.8 Å². The fourth-order valence-corrected chi connectivity index (χ4v) is 6.12. The molecule has 3 fully saturated rings. The molecule has 1 saturated carbocycles. The molecule has 0 spiro atoms. The Hall–Kier alpha value is -2.99. The normalized spacial score (nSPS) is 27.1. The number of pyridine rings is 2. The van der Waals surface area contributed by atoms with Gasteiger partial charge in [0.1, 0.15) is 6.10 Å². The smallest absolute Gasteiger partial charge is 0.377 e. The number of hydrogen-bond acceptors (Lipinski definition) is 9. The van der Waals surface area contributed by atoms with Crippen molar-refractivity contribution in [2.24, 2.45) is 11.8 Å². The molecule has 39 heavy (non-hydrogen) atoms. The number of nitrogens with zero attached hydrogens (tertiary/aromatic N) is 5. The van der Waals surface area contributed by atoms with Gasteiger partial charge in [0.2, 0.25) is 5.95 Å². The van der Waals surface area contributed by atoms with E-state index in [0.717, 1.165) is 35.0 Å². The summed E-state index contributed by atoms with van der Waals surface area (Å²) in [6.07, 6.45) is 6.93. The summed E-state index contributed by atoms with van der Waals surface area (Å²) in [4.78, 5) is 33.4. The second-order valence-corrected chi connectivity index (χ2v) is 11.3. The van der Waals surface area contributed by atoms with E-state index < -0.39 is 12.3 Å². The fraction of sp³-hybridized carbons (Fsp3) is 0.556. The number of imidazole rings is 1. The summed E-state index contributed by atoms with van der Waals surface area (Å²) in [6, 6.07) is 3.77. The van der Waals surface area contributed by atoms with Crippen molar-refractivity contribution in [3.63, 3.8) is 0 Å². The summed E-state index contributed by atoms with van der Waals surface area (Å²) in [5.74, 6) is 2.11. The molecule has 5 heterocycles. The van der Waals surface area contributed by atoms with Crippen LogP contribution in [0.3, 0.4) is 0 Å². The summed E-state index contributed by atoms with van der Waals surface area (Å²) in [7, 11) is 3.77. The van der Waals surface area contributed by atoms with E-state index in [1.165, 1.54) is 25.7 Å². The van der Waals surface area contributed by atoms with Gasteiger partial charge in [-0.3, -0.25) is 10.3 Å². The molecule has 2 aliphatic heterocycles. The number of aromatic nitrogens is 4. The highest BCUT2D eigenvalue weighted by Crippen LogP contribution is 2.37. The Morgan fingerprint density at radius 1 is 1.18 bits per heavy atom. The van der Waals surface area contributed by atoms with E-state index in [1.54, 1.807) is 19.5 Å². The first kappa shape index (κ1) is 26.2. The number of hydroxylamine groups is 1. The van der Waals surface area contributed by atoms with Crippen LogP contribution in [0.2, 0.25) is 5.02 Å². The van der Waals surface area contributed by atoms with Crippen molar-refractivity contribution in [3.8, 4) is 11.3 Å². The lowest BCUT2D eigenvalue weighted by Crippen LogP contribution is -2.43. The number of hydrogen-bond donors (Lipinski definition) is 2. The average Bonchev–Trinajstić information content (AvgIpc) is 3.68. The van der Waals surface area contributed by atoms with E-state index in [0.29, 0.717) is 35.5 Å². The number of carbonyl (C=O) groups excluding carboxylic acids is 1. The molecule has 3 aliphatic rings. The van der Waals surface area contributed by atoms with Crippen LogP contribution < -0.4 is 15.7 Å². The molecule has 2 N–H and O–H groups in total. The third kappa shape index (κ3) is 5.16. The molecule has 3 atom stereocenters. The van der Waals surface area contributed by atoms with Crippen LogP contribution in [0.15, 0.2) is 24.5 Å². The predicted molar refractivity (Wildman–Crippen MR) is 146 cm³/mol. The zero-order valence-electron chi connectivity index (χ0n) is 22.4. The van der Waals surface area contributed by atoms with Crippen molar-refractivity contribution in [2.75, 3.05) is 32.3 Å². The van der Waals surface area contributed by atoms with E-state index in [4.69, 9.17) is 35.9 Å². The van der Waals surface area contributed by atoms with Crippen LogP contribution in [0.4, 0.5) is 10.7 Å². The van der Waals surface area contributed by atoms with Crippen LogP contribution in [0.5, 0.6) is 0 Å². The highest BCUT2D eigenvalue weighted by molar-refractivity contribution is 6.30. The van der Waals surface area contributed by atoms with Crippen LogP contribution >= 0.6 is 11.6 Å². The van der Waals surface area contributed by atoms with Gasteiger partial charge in [0.25, 0.3) is 0 Å². The molecule has 12 heteroatoms. The Kier molecular flexibility index (Phi) is 7.32. The molecule has 2 saturated heterocycles. The number of fused-ring (bicyclic) bond motifs is 1. The Bertz CT molecular complexity index is 1360. The summed E-state index contributed by atoms with van der Waals surface area (Å²) in [5.41, 5.74) is 6.41. The maximum atomic E-state index is 11.8. The molecule has 1 amide bonds. The standard InChI is InChI=1S/C27H34ClN7O4/c1-15-4-6-16(7-5-15)12-35-24-19(31-26(35)34(2)21-13-38-14-22(21)37-3)9-20(25-32-27(36)39-33-25)30-23(24)17-8-18(28)11-29-10-17/h8-11,15-16,21-22,25,33H,4-7,12-14H2,1-3H3,(H,32,36)/t15?,16?,21-,22-,25?/m0/s1. The summed E-state index contributed by atoms with van der Waals surface area (Å²) in [6.45, 7) is 4.26. The Labute approximate surface area is 232 Å². The van der Waals surface area contributed by atoms with Crippen molar-refractivity contribution in [3.05, 3.63) is 35.2 Å². The number of rotatable bonds is 7. The van der Waals surface area contributed by atoms with E-state index >= 15 is 0 Å². The van der Waals surface area contributed by atoms with Gasteiger partial charge in [-0.05, 0) is 36.8 Å². The molecule has 0 bridgehead atoms. The Morgan fingerprint density at radius 3 is 2.72 bits per heavy atom. The maximum absolute atomic E-state index is 11.8. The first-order valence-electron chi connectivity index (χ1n) is 13.5. The topological polar surface area (TPSA) is 116 Å². The van der Waals surface area contributed by atoms with Crippen molar-refractivity contribution < 1.29 is 19.1 Å². The minimum atomic E-state index is -0.611. The predicted octanol–water partition coefficient (Wildman–Crippen LogP) is 4.07. The molecule has 3 aromatic rings. The lowest BCUT2D eigenvalue weighted by molar-refractivity contribution is 0.0770. The number of nitrogens with one attached hydrogen (secondary N) is 2. The minimum absolute atomic E-state index is 0.0184. The molecule has 6 rings (SSSR count). The molecule has 3 aromatic heterocycles. The monoisotopic (exact) mass is 555 g/mol. The lowest BCUT2D eigenvalue weighted by atomic mass is 9.83. The highest BCUT2D eigenvalue weighted by atomic mass is 35.5. The van der Waals surface area contributed by atoms with Crippen LogP contribution in [0, 0.1) is 11.8 Å². The number of halogens is 1. The van der Waals surface area contributed by atoms with Crippen molar-refractivity contribution in [1.29, 1.82) is 0 Å². The van der Waals surface area contributed by atoms with E-state index in [9.17, 15) is 4.79 Å². The van der Waals surface area contributed by atoms with Crippen LogP contribution in [0.1, 0.15) is 44.5 Å². The molecule has 0 aromatic carbocycles. The summed E-state index contributed by atoms with van der Waals surface area (Å²) >= 11 is 6.38. The van der Waals surface area contributed by atoms with Crippen LogP contribution in [-0.2, 0) is 20.9 Å². The number of likely N-dealkylation sites (N-methyl/N-ethyl adjacent to an activating group) is 1. The zero-order chi connectivity index (χ0) is 27.1. The van der Waals surface area contributed by atoms with Gasteiger partial charge in [0.15, 0.2) is 6.17 Å². The number of ether oxygens (including phenoxy) is 2. The van der Waals surface area contributed by atoms with Gasteiger partial charge in [-0.1, -0.05) is 31.4 Å². The molecular weight excluding hydrogens is 522 g/mol. The quantitative estimate of drug-likeness (QED) is 0.445. The Balaban J connectivity index is 1.52. The third-order valence-electron chi connectivity index (χ3n) is 8.22. The van der Waals surface area contributed by atoms with Crippen LogP contribution in [-0.4, -0.2) is 65.1 Å².